The van der Waals surface area contributed by atoms with Crippen LogP contribution >= 0.6 is 0 Å². The van der Waals surface area contributed by atoms with E-state index in [0.717, 1.165) is 17.7 Å². The van der Waals surface area contributed by atoms with Crippen LogP contribution in [-0.2, 0) is 0 Å². The molecule has 0 spiro atoms. The van der Waals surface area contributed by atoms with Crippen molar-refractivity contribution in [1.29, 1.82) is 0 Å². The highest BCUT2D eigenvalue weighted by Gasteiger charge is 2.19. The smallest absolute Gasteiger partial charge is 0.270 e. The number of hydrogen-bond acceptors (Lipinski definition) is 3. The second-order valence-electron chi connectivity index (χ2n) is 5.93. The van der Waals surface area contributed by atoms with Gasteiger partial charge in [-0.3, -0.25) is 4.79 Å². The zero-order valence-corrected chi connectivity index (χ0v) is 14.1. The number of furan rings is 1. The van der Waals surface area contributed by atoms with E-state index in [-0.39, 0.29) is 11.9 Å². The molecule has 0 bridgehead atoms. The minimum Gasteiger partial charge on any atom is -0.463 e. The molecule has 0 saturated carbocycles. The first kappa shape index (κ1) is 16.1. The van der Waals surface area contributed by atoms with Crippen LogP contribution in [0.4, 0.5) is 0 Å². The number of carbonyl (C=O) groups is 1. The van der Waals surface area contributed by atoms with Gasteiger partial charge in [0, 0.05) is 12.1 Å². The summed E-state index contributed by atoms with van der Waals surface area (Å²) in [5.41, 5.74) is 3.08. The summed E-state index contributed by atoms with van der Waals surface area (Å²) in [7, 11) is 0. The summed E-state index contributed by atoms with van der Waals surface area (Å²) >= 11 is 0. The van der Waals surface area contributed by atoms with Crippen molar-refractivity contribution in [3.05, 3.63) is 60.0 Å². The molecule has 0 saturated heterocycles. The summed E-state index contributed by atoms with van der Waals surface area (Å²) in [6.45, 7) is 6.04. The molecule has 2 aromatic heterocycles. The molecule has 1 N–H and O–H groups in total. The molecule has 5 heteroatoms. The van der Waals surface area contributed by atoms with Gasteiger partial charge in [-0.25, -0.2) is 4.68 Å². The molecule has 3 rings (SSSR count). The lowest BCUT2D eigenvalue weighted by Crippen LogP contribution is -2.33. The Morgan fingerprint density at radius 2 is 2.12 bits per heavy atom. The van der Waals surface area contributed by atoms with Gasteiger partial charge in [-0.05, 0) is 50.1 Å². The fourth-order valence-corrected chi connectivity index (χ4v) is 2.44. The molecule has 1 aromatic carbocycles. The van der Waals surface area contributed by atoms with E-state index in [1.165, 1.54) is 0 Å². The van der Waals surface area contributed by atoms with Crippen LogP contribution in [0, 0.1) is 6.92 Å². The SMILES string of the molecule is CCC(C)NC(=O)c1cc(-c2ccco2)nn1-c1cccc(C)c1. The van der Waals surface area contributed by atoms with Crippen molar-refractivity contribution in [3.63, 3.8) is 0 Å². The summed E-state index contributed by atoms with van der Waals surface area (Å²) < 4.78 is 7.09. The lowest BCUT2D eigenvalue weighted by Gasteiger charge is -2.12. The zero-order valence-electron chi connectivity index (χ0n) is 14.1. The van der Waals surface area contributed by atoms with Crippen molar-refractivity contribution in [2.24, 2.45) is 0 Å². The lowest BCUT2D eigenvalue weighted by molar-refractivity contribution is 0.0931. The highest BCUT2D eigenvalue weighted by molar-refractivity contribution is 5.94. The summed E-state index contributed by atoms with van der Waals surface area (Å²) in [5, 5.41) is 7.58. The average molecular weight is 323 g/mol. The van der Waals surface area contributed by atoms with E-state index < -0.39 is 0 Å². The van der Waals surface area contributed by atoms with Gasteiger partial charge in [0.25, 0.3) is 5.91 Å². The first-order valence-corrected chi connectivity index (χ1v) is 8.10. The number of amides is 1. The number of benzene rings is 1. The maximum Gasteiger partial charge on any atom is 0.270 e. The largest absolute Gasteiger partial charge is 0.463 e. The predicted octanol–water partition coefficient (Wildman–Crippen LogP) is 3.97. The maximum absolute atomic E-state index is 12.7. The standard InChI is InChI=1S/C19H21N3O2/c1-4-14(3)20-19(23)17-12-16(18-9-6-10-24-18)21-22(17)15-8-5-7-13(2)11-15/h5-12,14H,4H2,1-3H3,(H,20,23). The van der Waals surface area contributed by atoms with Gasteiger partial charge in [-0.1, -0.05) is 19.1 Å². The van der Waals surface area contributed by atoms with E-state index in [9.17, 15) is 4.79 Å². The molecular formula is C19H21N3O2. The number of carbonyl (C=O) groups excluding carboxylic acids is 1. The summed E-state index contributed by atoms with van der Waals surface area (Å²) in [5.74, 6) is 0.496. The average Bonchev–Trinajstić information content (AvgIpc) is 3.23. The first-order valence-electron chi connectivity index (χ1n) is 8.10. The van der Waals surface area contributed by atoms with Crippen molar-refractivity contribution < 1.29 is 9.21 Å². The van der Waals surface area contributed by atoms with Crippen LogP contribution < -0.4 is 5.32 Å². The summed E-state index contributed by atoms with van der Waals surface area (Å²) in [6.07, 6.45) is 2.47. The van der Waals surface area contributed by atoms with E-state index in [1.807, 2.05) is 51.1 Å². The number of hydrogen-bond donors (Lipinski definition) is 1. The van der Waals surface area contributed by atoms with Gasteiger partial charge in [-0.15, -0.1) is 0 Å². The second kappa shape index (κ2) is 6.74. The van der Waals surface area contributed by atoms with Crippen LogP contribution in [0.5, 0.6) is 0 Å². The lowest BCUT2D eigenvalue weighted by atomic mass is 10.2. The fraction of sp³-hybridized carbons (Fsp3) is 0.263. The summed E-state index contributed by atoms with van der Waals surface area (Å²) in [4.78, 5) is 12.7. The Labute approximate surface area is 141 Å². The molecule has 5 nitrogen and oxygen atoms in total. The van der Waals surface area contributed by atoms with Crippen LogP contribution in [0.1, 0.15) is 36.3 Å². The minimum absolute atomic E-state index is 0.102. The Morgan fingerprint density at radius 3 is 2.79 bits per heavy atom. The van der Waals surface area contributed by atoms with Crippen LogP contribution in [0.25, 0.3) is 17.1 Å². The molecule has 0 aliphatic rings. The van der Waals surface area contributed by atoms with Crippen LogP contribution in [0.2, 0.25) is 0 Å². The van der Waals surface area contributed by atoms with Gasteiger partial charge >= 0.3 is 0 Å². The maximum atomic E-state index is 12.7. The molecule has 24 heavy (non-hydrogen) atoms. The Morgan fingerprint density at radius 1 is 1.29 bits per heavy atom. The van der Waals surface area contributed by atoms with E-state index in [0.29, 0.717) is 17.1 Å². The first-order chi connectivity index (χ1) is 11.6. The normalized spacial score (nSPS) is 12.1. The number of rotatable bonds is 5. The Balaban J connectivity index is 2.06. The molecule has 124 valence electrons. The highest BCUT2D eigenvalue weighted by atomic mass is 16.3. The van der Waals surface area contributed by atoms with Crippen LogP contribution in [-0.4, -0.2) is 21.7 Å². The number of nitrogens with one attached hydrogen (secondary N) is 1. The highest BCUT2D eigenvalue weighted by Crippen LogP contribution is 2.22. The van der Waals surface area contributed by atoms with Crippen molar-refractivity contribution in [2.45, 2.75) is 33.2 Å². The third-order valence-corrected chi connectivity index (χ3v) is 3.95. The van der Waals surface area contributed by atoms with E-state index in [2.05, 4.69) is 10.4 Å². The number of aromatic nitrogens is 2. The van der Waals surface area contributed by atoms with Gasteiger partial charge < -0.3 is 9.73 Å². The molecule has 0 aliphatic heterocycles. The van der Waals surface area contributed by atoms with Crippen molar-refractivity contribution >= 4 is 5.91 Å². The van der Waals surface area contributed by atoms with Crippen molar-refractivity contribution in [3.8, 4) is 17.1 Å². The molecule has 0 aliphatic carbocycles. The van der Waals surface area contributed by atoms with Gasteiger partial charge in [-0.2, -0.15) is 5.10 Å². The Hall–Kier alpha value is -2.82. The van der Waals surface area contributed by atoms with E-state index in [4.69, 9.17) is 4.42 Å². The van der Waals surface area contributed by atoms with E-state index in [1.54, 1.807) is 23.1 Å². The Bertz CT molecular complexity index is 834. The van der Waals surface area contributed by atoms with E-state index >= 15 is 0 Å². The summed E-state index contributed by atoms with van der Waals surface area (Å²) in [6, 6.07) is 13.4. The molecule has 0 fully saturated rings. The quantitative estimate of drug-likeness (QED) is 0.773. The van der Waals surface area contributed by atoms with Gasteiger partial charge in [0.2, 0.25) is 0 Å². The topological polar surface area (TPSA) is 60.1 Å². The second-order valence-corrected chi connectivity index (χ2v) is 5.93. The fourth-order valence-electron chi connectivity index (χ4n) is 2.44. The third kappa shape index (κ3) is 3.25. The number of nitrogens with zero attached hydrogens (tertiary/aromatic N) is 2. The third-order valence-electron chi connectivity index (χ3n) is 3.95. The van der Waals surface area contributed by atoms with Crippen LogP contribution in [0.15, 0.2) is 53.1 Å². The monoisotopic (exact) mass is 323 g/mol. The molecule has 2 heterocycles. The molecular weight excluding hydrogens is 302 g/mol. The van der Waals surface area contributed by atoms with Crippen LogP contribution in [0.3, 0.4) is 0 Å². The molecule has 1 amide bonds. The van der Waals surface area contributed by atoms with Crippen molar-refractivity contribution in [2.75, 3.05) is 0 Å². The molecule has 1 unspecified atom stereocenters. The van der Waals surface area contributed by atoms with Crippen molar-refractivity contribution in [1.82, 2.24) is 15.1 Å². The molecule has 0 radical (unpaired) electrons. The number of aryl methyl sites for hydroxylation is 1. The Kier molecular flexibility index (Phi) is 4.51. The minimum atomic E-state index is -0.142. The van der Waals surface area contributed by atoms with Gasteiger partial charge in [0.05, 0.1) is 12.0 Å². The van der Waals surface area contributed by atoms with Gasteiger partial charge in [0.1, 0.15) is 11.4 Å². The molecule has 1 atom stereocenters. The van der Waals surface area contributed by atoms with Gasteiger partial charge in [0.15, 0.2) is 5.76 Å². The zero-order chi connectivity index (χ0) is 17.1. The predicted molar refractivity (Wildman–Crippen MR) is 93.2 cm³/mol. The molecule has 3 aromatic rings.